The topological polar surface area (TPSA) is 74.4 Å². The van der Waals surface area contributed by atoms with Crippen LogP contribution in [-0.2, 0) is 11.6 Å². The van der Waals surface area contributed by atoms with E-state index >= 15 is 0 Å². The van der Waals surface area contributed by atoms with E-state index in [1.54, 1.807) is 20.8 Å². The molecule has 27 heavy (non-hydrogen) atoms. The first-order chi connectivity index (χ1) is 12.5. The second-order valence-electron chi connectivity index (χ2n) is 6.68. The molecule has 3 rings (SSSR count). The fourth-order valence-corrected chi connectivity index (χ4v) is 2.81. The molecule has 3 aromatic rings. The maximum atomic E-state index is 14.4. The lowest BCUT2D eigenvalue weighted by molar-refractivity contribution is -0.137. The lowest BCUT2D eigenvalue weighted by Crippen LogP contribution is -2.22. The highest BCUT2D eigenvalue weighted by Gasteiger charge is 2.34. The first kappa shape index (κ1) is 18.8. The Kier molecular flexibility index (Phi) is 4.41. The van der Waals surface area contributed by atoms with E-state index in [9.17, 15) is 22.4 Å². The summed E-state index contributed by atoms with van der Waals surface area (Å²) in [6, 6.07) is 3.71. The van der Waals surface area contributed by atoms with E-state index in [2.05, 4.69) is 19.9 Å². The fourth-order valence-electron chi connectivity index (χ4n) is 2.81. The Morgan fingerprint density at radius 2 is 1.78 bits per heavy atom. The molecule has 0 aliphatic rings. The van der Waals surface area contributed by atoms with Gasteiger partial charge in [-0.15, -0.1) is 0 Å². The summed E-state index contributed by atoms with van der Waals surface area (Å²) in [5, 5.41) is 0. The van der Waals surface area contributed by atoms with Crippen LogP contribution in [0.5, 0.6) is 0 Å². The molecule has 9 heteroatoms. The van der Waals surface area contributed by atoms with Gasteiger partial charge >= 0.3 is 6.18 Å². The van der Waals surface area contributed by atoms with Crippen LogP contribution in [0.3, 0.4) is 0 Å². The van der Waals surface area contributed by atoms with E-state index in [4.69, 9.17) is 0 Å². The molecule has 0 amide bonds. The monoisotopic (exact) mass is 380 g/mol. The quantitative estimate of drug-likeness (QED) is 0.676. The van der Waals surface area contributed by atoms with Crippen molar-refractivity contribution in [2.45, 2.75) is 32.4 Å². The summed E-state index contributed by atoms with van der Waals surface area (Å²) in [4.78, 5) is 25.4. The van der Waals surface area contributed by atoms with Crippen LogP contribution in [0, 0.1) is 12.7 Å². The number of hydrogen-bond acceptors (Lipinski definition) is 3. The van der Waals surface area contributed by atoms with E-state index in [1.165, 1.54) is 12.3 Å². The van der Waals surface area contributed by atoms with E-state index in [0.29, 0.717) is 29.1 Å². The predicted octanol–water partition coefficient (Wildman–Crippen LogP) is 3.95. The first-order valence-electron chi connectivity index (χ1n) is 7.99. The molecule has 0 unspecified atom stereocenters. The van der Waals surface area contributed by atoms with Crippen molar-refractivity contribution in [3.63, 3.8) is 0 Å². The number of nitrogens with zero attached hydrogens (tertiary/aromatic N) is 2. The van der Waals surface area contributed by atoms with Crippen molar-refractivity contribution in [2.75, 3.05) is 0 Å². The zero-order valence-electron chi connectivity index (χ0n) is 14.7. The Labute approximate surface area is 151 Å². The maximum Gasteiger partial charge on any atom is 0.416 e. The molecule has 5 nitrogen and oxygen atoms in total. The van der Waals surface area contributed by atoms with Gasteiger partial charge in [-0.2, -0.15) is 13.2 Å². The second-order valence-corrected chi connectivity index (χ2v) is 6.68. The third kappa shape index (κ3) is 3.62. The minimum Gasteiger partial charge on any atom is -0.340 e. The Hall–Kier alpha value is -2.97. The van der Waals surface area contributed by atoms with Gasteiger partial charge in [-0.05, 0) is 24.6 Å². The van der Waals surface area contributed by atoms with Gasteiger partial charge in [0.15, 0.2) is 5.82 Å². The molecule has 0 saturated carbocycles. The average Bonchev–Trinajstić information content (AvgIpc) is 3.03. The lowest BCUT2D eigenvalue weighted by atomic mass is 9.81. The minimum absolute atomic E-state index is 0.0840. The largest absolute Gasteiger partial charge is 0.416 e. The van der Waals surface area contributed by atoms with Crippen molar-refractivity contribution in [1.29, 1.82) is 0 Å². The number of aryl methyl sites for hydroxylation is 1. The van der Waals surface area contributed by atoms with Crippen molar-refractivity contribution in [3.8, 4) is 11.5 Å². The van der Waals surface area contributed by atoms with Crippen LogP contribution in [0.1, 0.15) is 36.5 Å². The predicted molar refractivity (Wildman–Crippen MR) is 90.7 cm³/mol. The molecular formula is C18H16F4N4O. The highest BCUT2D eigenvalue weighted by Crippen LogP contribution is 2.36. The fraction of sp³-hybridized carbons (Fsp3) is 0.278. The molecule has 2 heterocycles. The summed E-state index contributed by atoms with van der Waals surface area (Å²) in [5.41, 5.74) is -1.52. The van der Waals surface area contributed by atoms with Gasteiger partial charge < -0.3 is 9.97 Å². The van der Waals surface area contributed by atoms with Crippen LogP contribution in [0.4, 0.5) is 17.6 Å². The van der Waals surface area contributed by atoms with Crippen molar-refractivity contribution >= 4 is 0 Å². The number of alkyl halides is 3. The molecule has 2 aromatic heterocycles. The molecule has 0 aliphatic carbocycles. The van der Waals surface area contributed by atoms with Crippen molar-refractivity contribution in [2.24, 2.45) is 0 Å². The zero-order chi connectivity index (χ0) is 20.0. The number of halogens is 4. The van der Waals surface area contributed by atoms with Gasteiger partial charge in [0.2, 0.25) is 0 Å². The molecule has 0 fully saturated rings. The number of nitrogens with one attached hydrogen (secondary N) is 2. The first-order valence-corrected chi connectivity index (χ1v) is 7.99. The highest BCUT2D eigenvalue weighted by atomic mass is 19.4. The van der Waals surface area contributed by atoms with Gasteiger partial charge in [-0.3, -0.25) is 4.79 Å². The number of H-pyrrole nitrogens is 2. The maximum absolute atomic E-state index is 14.4. The van der Waals surface area contributed by atoms with E-state index in [0.717, 1.165) is 12.1 Å². The van der Waals surface area contributed by atoms with Crippen molar-refractivity contribution in [1.82, 2.24) is 19.9 Å². The third-order valence-electron chi connectivity index (χ3n) is 4.32. The summed E-state index contributed by atoms with van der Waals surface area (Å²) in [7, 11) is 0. The summed E-state index contributed by atoms with van der Waals surface area (Å²) >= 11 is 0. The van der Waals surface area contributed by atoms with Gasteiger partial charge in [0.25, 0.3) is 5.56 Å². The van der Waals surface area contributed by atoms with E-state index in [1.807, 2.05) is 0 Å². The summed E-state index contributed by atoms with van der Waals surface area (Å²) < 4.78 is 52.7. The van der Waals surface area contributed by atoms with Gasteiger partial charge in [0.1, 0.15) is 17.3 Å². The van der Waals surface area contributed by atoms with E-state index < -0.39 is 23.0 Å². The Morgan fingerprint density at radius 1 is 1.07 bits per heavy atom. The summed E-state index contributed by atoms with van der Waals surface area (Å²) in [6.45, 7) is 4.94. The van der Waals surface area contributed by atoms with Crippen LogP contribution in [-0.4, -0.2) is 19.9 Å². The Balaban J connectivity index is 2.01. The average molecular weight is 380 g/mol. The molecule has 0 atom stereocenters. The van der Waals surface area contributed by atoms with Crippen LogP contribution in [0.2, 0.25) is 0 Å². The molecule has 0 aliphatic heterocycles. The van der Waals surface area contributed by atoms with Crippen LogP contribution in [0.15, 0.2) is 35.3 Å². The van der Waals surface area contributed by atoms with Crippen molar-refractivity contribution in [3.05, 3.63) is 69.3 Å². The molecule has 0 bridgehead atoms. The summed E-state index contributed by atoms with van der Waals surface area (Å²) in [6.07, 6.45) is -3.17. The number of hydrogen-bond donors (Lipinski definition) is 2. The molecule has 0 spiro atoms. The van der Waals surface area contributed by atoms with Crippen molar-refractivity contribution < 1.29 is 17.6 Å². The highest BCUT2D eigenvalue weighted by molar-refractivity contribution is 5.50. The molecular weight excluding hydrogens is 364 g/mol. The number of rotatable bonds is 3. The smallest absolute Gasteiger partial charge is 0.340 e. The van der Waals surface area contributed by atoms with Gasteiger partial charge in [0.05, 0.1) is 5.56 Å². The second kappa shape index (κ2) is 6.33. The standard InChI is InChI=1S/C18H16F4N4O/c1-9-24-13(7-15(27)25-9)16-23-8-14(26-16)17(2,3)11-5-4-10(6-12(11)19)18(20,21)22/h4-8H,1-3H3,(H,23,26)(H,24,25,27). The molecule has 0 saturated heterocycles. The van der Waals surface area contributed by atoms with Crippen LogP contribution < -0.4 is 5.56 Å². The Bertz CT molecular complexity index is 1050. The van der Waals surface area contributed by atoms with Crippen LogP contribution in [0.25, 0.3) is 11.5 Å². The molecule has 142 valence electrons. The molecule has 1 aromatic carbocycles. The number of aromatic nitrogens is 4. The van der Waals surface area contributed by atoms with E-state index in [-0.39, 0.29) is 11.1 Å². The SMILES string of the molecule is Cc1nc(-c2ncc(C(C)(C)c3ccc(C(F)(F)F)cc3F)[nH]2)cc(=O)[nH]1. The van der Waals surface area contributed by atoms with Gasteiger partial charge in [-0.25, -0.2) is 14.4 Å². The minimum atomic E-state index is -4.62. The lowest BCUT2D eigenvalue weighted by Gasteiger charge is -2.25. The van der Waals surface area contributed by atoms with Crippen LogP contribution >= 0.6 is 0 Å². The zero-order valence-corrected chi connectivity index (χ0v) is 14.7. The normalized spacial score (nSPS) is 12.4. The van der Waals surface area contributed by atoms with Gasteiger partial charge in [-0.1, -0.05) is 19.9 Å². The number of imidazole rings is 1. The number of aromatic amines is 2. The van der Waals surface area contributed by atoms with Gasteiger partial charge in [0, 0.05) is 23.4 Å². The third-order valence-corrected chi connectivity index (χ3v) is 4.32. The summed E-state index contributed by atoms with van der Waals surface area (Å²) in [5.74, 6) is -0.251. The number of benzene rings is 1. The molecule has 2 N–H and O–H groups in total. The molecule has 0 radical (unpaired) electrons. The Morgan fingerprint density at radius 3 is 2.37 bits per heavy atom.